The highest BCUT2D eigenvalue weighted by molar-refractivity contribution is 5.94. The molecule has 5 heteroatoms. The van der Waals surface area contributed by atoms with E-state index >= 15 is 0 Å². The number of ether oxygens (including phenoxy) is 1. The molecule has 0 aromatic rings. The van der Waals surface area contributed by atoms with Gasteiger partial charge in [-0.2, -0.15) is 0 Å². The van der Waals surface area contributed by atoms with E-state index in [-0.39, 0.29) is 18.1 Å². The smallest absolute Gasteiger partial charge is 0.328 e. The molecule has 0 aromatic carbocycles. The lowest BCUT2D eigenvalue weighted by atomic mass is 10.1. The first-order valence-electron chi connectivity index (χ1n) is 5.51. The molecule has 1 aliphatic carbocycles. The van der Waals surface area contributed by atoms with Gasteiger partial charge in [0.2, 0.25) is 5.91 Å². The van der Waals surface area contributed by atoms with Gasteiger partial charge in [-0.05, 0) is 19.3 Å². The number of fused-ring (bicyclic) bond motifs is 1. The van der Waals surface area contributed by atoms with Crippen LogP contribution in [0.25, 0.3) is 0 Å². The predicted octanol–water partition coefficient (Wildman–Crippen LogP) is 0.407. The predicted molar refractivity (Wildman–Crippen MR) is 55.9 cm³/mol. The van der Waals surface area contributed by atoms with Gasteiger partial charge in [-0.3, -0.25) is 4.79 Å². The molecule has 2 aliphatic rings. The van der Waals surface area contributed by atoms with Crippen molar-refractivity contribution in [1.82, 2.24) is 4.90 Å². The molecule has 2 unspecified atom stereocenters. The lowest BCUT2D eigenvalue weighted by molar-refractivity contribution is -0.139. The highest BCUT2D eigenvalue weighted by Crippen LogP contribution is 2.29. The monoisotopic (exact) mass is 225 g/mol. The number of carboxylic acids is 1. The van der Waals surface area contributed by atoms with E-state index in [0.717, 1.165) is 31.4 Å². The Kier molecular flexibility index (Phi) is 3.24. The number of carbonyl (C=O) groups is 2. The van der Waals surface area contributed by atoms with E-state index < -0.39 is 5.97 Å². The van der Waals surface area contributed by atoms with Crippen molar-refractivity contribution in [2.45, 2.75) is 31.4 Å². The lowest BCUT2D eigenvalue weighted by Gasteiger charge is -2.37. The number of rotatable bonds is 2. The molecule has 1 saturated carbocycles. The number of carbonyl (C=O) groups excluding carboxylic acids is 1. The zero-order valence-corrected chi connectivity index (χ0v) is 8.96. The molecule has 0 bridgehead atoms. The lowest BCUT2D eigenvalue weighted by Crippen LogP contribution is -2.50. The SMILES string of the molecule is O=C(O)C=CC(=O)N1CCOC2CCCC21. The first kappa shape index (κ1) is 11.1. The van der Waals surface area contributed by atoms with Crippen LogP contribution in [0.2, 0.25) is 0 Å². The summed E-state index contributed by atoms with van der Waals surface area (Å²) in [7, 11) is 0. The van der Waals surface area contributed by atoms with Crippen molar-refractivity contribution in [2.75, 3.05) is 13.2 Å². The average molecular weight is 225 g/mol. The summed E-state index contributed by atoms with van der Waals surface area (Å²) in [5.74, 6) is -1.31. The van der Waals surface area contributed by atoms with Crippen LogP contribution in [-0.2, 0) is 14.3 Å². The van der Waals surface area contributed by atoms with Crippen LogP contribution < -0.4 is 0 Å². The van der Waals surface area contributed by atoms with E-state index in [9.17, 15) is 9.59 Å². The van der Waals surface area contributed by atoms with E-state index in [0.29, 0.717) is 13.2 Å². The van der Waals surface area contributed by atoms with E-state index in [4.69, 9.17) is 9.84 Å². The van der Waals surface area contributed by atoms with Crippen LogP contribution in [0.3, 0.4) is 0 Å². The average Bonchev–Trinajstić information content (AvgIpc) is 2.73. The van der Waals surface area contributed by atoms with Crippen LogP contribution in [0.4, 0.5) is 0 Å². The molecule has 88 valence electrons. The van der Waals surface area contributed by atoms with Gasteiger partial charge in [0.25, 0.3) is 0 Å². The van der Waals surface area contributed by atoms with Crippen molar-refractivity contribution < 1.29 is 19.4 Å². The molecule has 2 fully saturated rings. The molecular weight excluding hydrogens is 210 g/mol. The van der Waals surface area contributed by atoms with Crippen molar-refractivity contribution in [1.29, 1.82) is 0 Å². The summed E-state index contributed by atoms with van der Waals surface area (Å²) in [6, 6.07) is 0.139. The Labute approximate surface area is 93.7 Å². The number of carboxylic acid groups (broad SMARTS) is 1. The molecule has 1 heterocycles. The zero-order chi connectivity index (χ0) is 11.5. The molecule has 1 saturated heterocycles. The molecule has 5 nitrogen and oxygen atoms in total. The second-order valence-electron chi connectivity index (χ2n) is 4.11. The number of hydrogen-bond donors (Lipinski definition) is 1. The fourth-order valence-corrected chi connectivity index (χ4v) is 2.44. The van der Waals surface area contributed by atoms with Crippen molar-refractivity contribution in [3.8, 4) is 0 Å². The second kappa shape index (κ2) is 4.65. The summed E-state index contributed by atoms with van der Waals surface area (Å²) >= 11 is 0. The Hall–Kier alpha value is -1.36. The maximum atomic E-state index is 11.8. The molecule has 2 rings (SSSR count). The number of aliphatic carboxylic acids is 1. The Morgan fingerprint density at radius 1 is 1.31 bits per heavy atom. The van der Waals surface area contributed by atoms with Gasteiger partial charge < -0.3 is 14.7 Å². The second-order valence-corrected chi connectivity index (χ2v) is 4.11. The minimum atomic E-state index is -1.09. The normalized spacial score (nSPS) is 29.4. The van der Waals surface area contributed by atoms with Crippen molar-refractivity contribution >= 4 is 11.9 Å². The summed E-state index contributed by atoms with van der Waals surface area (Å²) in [5, 5.41) is 8.47. The van der Waals surface area contributed by atoms with Crippen LogP contribution in [0.5, 0.6) is 0 Å². The molecule has 2 atom stereocenters. The van der Waals surface area contributed by atoms with E-state index in [1.54, 1.807) is 4.90 Å². The van der Waals surface area contributed by atoms with Gasteiger partial charge in [0.05, 0.1) is 18.8 Å². The third-order valence-corrected chi connectivity index (χ3v) is 3.13. The number of hydrogen-bond acceptors (Lipinski definition) is 3. The van der Waals surface area contributed by atoms with Crippen LogP contribution >= 0.6 is 0 Å². The quantitative estimate of drug-likeness (QED) is 0.691. The Morgan fingerprint density at radius 3 is 2.88 bits per heavy atom. The third-order valence-electron chi connectivity index (χ3n) is 3.13. The largest absolute Gasteiger partial charge is 0.478 e. The van der Waals surface area contributed by atoms with E-state index in [1.807, 2.05) is 0 Å². The van der Waals surface area contributed by atoms with Gasteiger partial charge in [-0.15, -0.1) is 0 Å². The molecule has 0 radical (unpaired) electrons. The van der Waals surface area contributed by atoms with E-state index in [1.165, 1.54) is 0 Å². The summed E-state index contributed by atoms with van der Waals surface area (Å²) in [6.07, 6.45) is 5.19. The highest BCUT2D eigenvalue weighted by Gasteiger charge is 2.37. The molecular formula is C11H15NO4. The van der Waals surface area contributed by atoms with Gasteiger partial charge in [-0.25, -0.2) is 4.79 Å². The Morgan fingerprint density at radius 2 is 2.12 bits per heavy atom. The van der Waals surface area contributed by atoms with Gasteiger partial charge in [0.15, 0.2) is 0 Å². The summed E-state index contributed by atoms with van der Waals surface area (Å²) < 4.78 is 5.57. The number of amides is 1. The number of morpholine rings is 1. The van der Waals surface area contributed by atoms with Crippen LogP contribution in [0.15, 0.2) is 12.2 Å². The van der Waals surface area contributed by atoms with Gasteiger partial charge in [-0.1, -0.05) is 0 Å². The van der Waals surface area contributed by atoms with Gasteiger partial charge >= 0.3 is 5.97 Å². The minimum absolute atomic E-state index is 0.139. The molecule has 0 aromatic heterocycles. The van der Waals surface area contributed by atoms with Crippen LogP contribution in [0.1, 0.15) is 19.3 Å². The Bertz CT molecular complexity index is 326. The summed E-state index contributed by atoms with van der Waals surface area (Å²) in [6.45, 7) is 1.11. The first-order valence-corrected chi connectivity index (χ1v) is 5.51. The van der Waals surface area contributed by atoms with Crippen molar-refractivity contribution in [3.63, 3.8) is 0 Å². The van der Waals surface area contributed by atoms with Gasteiger partial charge in [0.1, 0.15) is 0 Å². The Balaban J connectivity index is 2.02. The maximum absolute atomic E-state index is 11.8. The van der Waals surface area contributed by atoms with Crippen molar-refractivity contribution in [2.24, 2.45) is 0 Å². The molecule has 0 spiro atoms. The fourth-order valence-electron chi connectivity index (χ4n) is 2.44. The zero-order valence-electron chi connectivity index (χ0n) is 8.96. The molecule has 1 amide bonds. The van der Waals surface area contributed by atoms with E-state index in [2.05, 4.69) is 0 Å². The van der Waals surface area contributed by atoms with Crippen molar-refractivity contribution in [3.05, 3.63) is 12.2 Å². The van der Waals surface area contributed by atoms with Crippen LogP contribution in [0, 0.1) is 0 Å². The summed E-state index contributed by atoms with van der Waals surface area (Å²) in [5.41, 5.74) is 0. The summed E-state index contributed by atoms with van der Waals surface area (Å²) in [4.78, 5) is 23.8. The molecule has 1 aliphatic heterocycles. The maximum Gasteiger partial charge on any atom is 0.328 e. The first-order chi connectivity index (χ1) is 7.68. The standard InChI is InChI=1S/C11H15NO4/c13-10(4-5-11(14)15)12-6-7-16-9-3-1-2-8(9)12/h4-5,8-9H,1-3,6-7H2,(H,14,15). The molecule has 16 heavy (non-hydrogen) atoms. The molecule has 1 N–H and O–H groups in total. The third kappa shape index (κ3) is 2.24. The van der Waals surface area contributed by atoms with Gasteiger partial charge in [0, 0.05) is 18.7 Å². The minimum Gasteiger partial charge on any atom is -0.478 e. The highest BCUT2D eigenvalue weighted by atomic mass is 16.5. The topological polar surface area (TPSA) is 66.8 Å². The van der Waals surface area contributed by atoms with Crippen LogP contribution in [-0.4, -0.2) is 47.2 Å². The fraction of sp³-hybridized carbons (Fsp3) is 0.636. The number of nitrogens with zero attached hydrogens (tertiary/aromatic N) is 1.